The predicted octanol–water partition coefficient (Wildman–Crippen LogP) is 1.75. The van der Waals surface area contributed by atoms with Gasteiger partial charge in [-0.2, -0.15) is 0 Å². The molecule has 0 heterocycles. The van der Waals surface area contributed by atoms with Gasteiger partial charge in [0.1, 0.15) is 0 Å². The van der Waals surface area contributed by atoms with Crippen molar-refractivity contribution in [3.8, 4) is 12.3 Å². The number of aromatic carboxylic acids is 1. The molecule has 0 saturated heterocycles. The molecule has 0 spiro atoms. The molecular formula is C14H15NO3. The second kappa shape index (κ2) is 5.37. The maximum absolute atomic E-state index is 12.0. The number of carbonyl (C=O) groups excluding carboxylic acids is 1. The number of carbonyl (C=O) groups is 2. The Morgan fingerprint density at radius 1 is 1.28 bits per heavy atom. The molecule has 2 N–H and O–H groups in total. The Labute approximate surface area is 106 Å². The molecular weight excluding hydrogens is 230 g/mol. The number of terminal acetylenes is 1. The molecule has 0 aliphatic heterocycles. The second-order valence-electron chi connectivity index (χ2n) is 4.12. The standard InChI is InChI=1S/C14H15NO3/c1-5-10(4)15-13(16)11-8(2)6-7-9(3)12(11)14(17)18/h1,6-7,10H,2-4H3,(H,15,16)(H,17,18). The van der Waals surface area contributed by atoms with E-state index in [0.717, 1.165) is 0 Å². The monoisotopic (exact) mass is 245 g/mol. The number of rotatable bonds is 3. The Morgan fingerprint density at radius 3 is 2.22 bits per heavy atom. The van der Waals surface area contributed by atoms with Gasteiger partial charge in [-0.25, -0.2) is 4.79 Å². The maximum atomic E-state index is 12.0. The maximum Gasteiger partial charge on any atom is 0.336 e. The highest BCUT2D eigenvalue weighted by Gasteiger charge is 2.21. The van der Waals surface area contributed by atoms with Crippen molar-refractivity contribution in [1.29, 1.82) is 0 Å². The normalized spacial score (nSPS) is 11.4. The van der Waals surface area contributed by atoms with Gasteiger partial charge < -0.3 is 10.4 Å². The largest absolute Gasteiger partial charge is 0.478 e. The molecule has 1 atom stereocenters. The quantitative estimate of drug-likeness (QED) is 0.797. The zero-order chi connectivity index (χ0) is 13.9. The van der Waals surface area contributed by atoms with E-state index in [1.54, 1.807) is 32.9 Å². The van der Waals surface area contributed by atoms with Crippen LogP contribution in [0.25, 0.3) is 0 Å². The molecule has 0 bridgehead atoms. The molecule has 1 aromatic rings. The molecule has 0 radical (unpaired) electrons. The molecule has 0 aliphatic rings. The van der Waals surface area contributed by atoms with Crippen LogP contribution in [0, 0.1) is 26.2 Å². The lowest BCUT2D eigenvalue weighted by atomic mass is 9.96. The van der Waals surface area contributed by atoms with E-state index in [4.69, 9.17) is 6.42 Å². The molecule has 1 rings (SSSR count). The fourth-order valence-electron chi connectivity index (χ4n) is 1.69. The van der Waals surface area contributed by atoms with Gasteiger partial charge in [0, 0.05) is 0 Å². The first kappa shape index (κ1) is 13.8. The average molecular weight is 245 g/mol. The van der Waals surface area contributed by atoms with Crippen LogP contribution in [-0.4, -0.2) is 23.0 Å². The number of hydrogen-bond donors (Lipinski definition) is 2. The highest BCUT2D eigenvalue weighted by molar-refractivity contribution is 6.06. The summed E-state index contributed by atoms with van der Waals surface area (Å²) >= 11 is 0. The van der Waals surface area contributed by atoms with Gasteiger partial charge in [-0.05, 0) is 31.9 Å². The van der Waals surface area contributed by atoms with Gasteiger partial charge in [-0.15, -0.1) is 6.42 Å². The number of nitrogens with one attached hydrogen (secondary N) is 1. The summed E-state index contributed by atoms with van der Waals surface area (Å²) in [6, 6.07) is 2.95. The van der Waals surface area contributed by atoms with Crippen LogP contribution in [0.3, 0.4) is 0 Å². The van der Waals surface area contributed by atoms with Gasteiger partial charge in [0.15, 0.2) is 0 Å². The minimum absolute atomic E-state index is 0.0247. The minimum Gasteiger partial charge on any atom is -0.478 e. The SMILES string of the molecule is C#CC(C)NC(=O)c1c(C)ccc(C)c1C(=O)O. The first-order valence-corrected chi connectivity index (χ1v) is 5.49. The summed E-state index contributed by atoms with van der Waals surface area (Å²) in [6.45, 7) is 5.01. The molecule has 18 heavy (non-hydrogen) atoms. The van der Waals surface area contributed by atoms with Crippen molar-refractivity contribution in [2.75, 3.05) is 0 Å². The Bertz CT molecular complexity index is 541. The topological polar surface area (TPSA) is 66.4 Å². The van der Waals surface area contributed by atoms with E-state index in [1.807, 2.05) is 0 Å². The molecule has 1 aromatic carbocycles. The van der Waals surface area contributed by atoms with Crippen LogP contribution >= 0.6 is 0 Å². The van der Waals surface area contributed by atoms with E-state index in [2.05, 4.69) is 11.2 Å². The van der Waals surface area contributed by atoms with Crippen LogP contribution in [0.2, 0.25) is 0 Å². The molecule has 0 aliphatic carbocycles. The fourth-order valence-corrected chi connectivity index (χ4v) is 1.69. The summed E-state index contributed by atoms with van der Waals surface area (Å²) in [5, 5.41) is 11.8. The second-order valence-corrected chi connectivity index (χ2v) is 4.12. The van der Waals surface area contributed by atoms with Gasteiger partial charge >= 0.3 is 5.97 Å². The molecule has 0 aromatic heterocycles. The third-order valence-corrected chi connectivity index (χ3v) is 2.66. The van der Waals surface area contributed by atoms with Gasteiger partial charge in [0.05, 0.1) is 17.2 Å². The van der Waals surface area contributed by atoms with Crippen LogP contribution in [0.15, 0.2) is 12.1 Å². The summed E-state index contributed by atoms with van der Waals surface area (Å²) in [5.74, 6) is 0.794. The van der Waals surface area contributed by atoms with Crippen LogP contribution in [0.4, 0.5) is 0 Å². The van der Waals surface area contributed by atoms with Gasteiger partial charge in [0.2, 0.25) is 0 Å². The molecule has 0 fully saturated rings. The van der Waals surface area contributed by atoms with Crippen molar-refractivity contribution in [3.05, 3.63) is 34.4 Å². The van der Waals surface area contributed by atoms with E-state index < -0.39 is 17.9 Å². The third kappa shape index (κ3) is 2.69. The van der Waals surface area contributed by atoms with E-state index in [0.29, 0.717) is 11.1 Å². The number of aryl methyl sites for hydroxylation is 2. The van der Waals surface area contributed by atoms with Crippen molar-refractivity contribution in [3.63, 3.8) is 0 Å². The van der Waals surface area contributed by atoms with Crippen LogP contribution in [-0.2, 0) is 0 Å². The molecule has 1 amide bonds. The van der Waals surface area contributed by atoms with Crippen LogP contribution < -0.4 is 5.32 Å². The Balaban J connectivity index is 3.31. The van der Waals surface area contributed by atoms with Crippen molar-refractivity contribution in [2.24, 2.45) is 0 Å². The highest BCUT2D eigenvalue weighted by atomic mass is 16.4. The van der Waals surface area contributed by atoms with E-state index in [-0.39, 0.29) is 11.1 Å². The summed E-state index contributed by atoms with van der Waals surface area (Å²) in [5.41, 5.74) is 1.35. The first-order valence-electron chi connectivity index (χ1n) is 5.49. The van der Waals surface area contributed by atoms with Gasteiger partial charge in [-0.1, -0.05) is 18.1 Å². The Morgan fingerprint density at radius 2 is 1.78 bits per heavy atom. The lowest BCUT2D eigenvalue weighted by Gasteiger charge is -2.14. The predicted molar refractivity (Wildman–Crippen MR) is 68.6 cm³/mol. The number of carboxylic acids is 1. The smallest absolute Gasteiger partial charge is 0.336 e. The van der Waals surface area contributed by atoms with Crippen molar-refractivity contribution in [2.45, 2.75) is 26.8 Å². The molecule has 0 saturated carbocycles. The van der Waals surface area contributed by atoms with E-state index >= 15 is 0 Å². The summed E-state index contributed by atoms with van der Waals surface area (Å²) < 4.78 is 0. The van der Waals surface area contributed by atoms with Crippen molar-refractivity contribution in [1.82, 2.24) is 5.32 Å². The lowest BCUT2D eigenvalue weighted by Crippen LogP contribution is -2.33. The fraction of sp³-hybridized carbons (Fsp3) is 0.286. The van der Waals surface area contributed by atoms with Crippen molar-refractivity contribution < 1.29 is 14.7 Å². The number of benzene rings is 1. The van der Waals surface area contributed by atoms with E-state index in [1.165, 1.54) is 0 Å². The first-order chi connectivity index (χ1) is 8.38. The highest BCUT2D eigenvalue weighted by Crippen LogP contribution is 2.19. The van der Waals surface area contributed by atoms with Crippen LogP contribution in [0.1, 0.15) is 38.8 Å². The number of hydrogen-bond acceptors (Lipinski definition) is 2. The summed E-state index contributed by atoms with van der Waals surface area (Å²) in [4.78, 5) is 23.3. The number of carboxylic acid groups (broad SMARTS) is 1. The molecule has 1 unspecified atom stereocenters. The Hall–Kier alpha value is -2.28. The third-order valence-electron chi connectivity index (χ3n) is 2.66. The average Bonchev–Trinajstić information content (AvgIpc) is 2.30. The summed E-state index contributed by atoms with van der Waals surface area (Å²) in [7, 11) is 0. The Kier molecular flexibility index (Phi) is 4.11. The lowest BCUT2D eigenvalue weighted by molar-refractivity contribution is 0.0689. The van der Waals surface area contributed by atoms with Gasteiger partial charge in [0.25, 0.3) is 5.91 Å². The van der Waals surface area contributed by atoms with Gasteiger partial charge in [-0.3, -0.25) is 4.79 Å². The van der Waals surface area contributed by atoms with Crippen molar-refractivity contribution >= 4 is 11.9 Å². The minimum atomic E-state index is -1.12. The van der Waals surface area contributed by atoms with E-state index in [9.17, 15) is 14.7 Å². The molecule has 94 valence electrons. The number of amides is 1. The molecule has 4 heteroatoms. The zero-order valence-electron chi connectivity index (χ0n) is 10.6. The molecule has 4 nitrogen and oxygen atoms in total. The zero-order valence-corrected chi connectivity index (χ0v) is 10.6. The van der Waals surface area contributed by atoms with Crippen LogP contribution in [0.5, 0.6) is 0 Å². The summed E-state index contributed by atoms with van der Waals surface area (Å²) in [6.07, 6.45) is 5.18.